The van der Waals surface area contributed by atoms with Crippen LogP contribution in [0.15, 0.2) is 9.98 Å². The van der Waals surface area contributed by atoms with Gasteiger partial charge in [0, 0.05) is 20.2 Å². The number of anilines is 1. The molecule has 1 saturated carbocycles. The first-order valence-electron chi connectivity index (χ1n) is 7.65. The highest BCUT2D eigenvalue weighted by Gasteiger charge is 2.42. The average molecular weight is 359 g/mol. The van der Waals surface area contributed by atoms with Gasteiger partial charge >= 0.3 is 0 Å². The van der Waals surface area contributed by atoms with Crippen molar-refractivity contribution in [3.63, 3.8) is 0 Å². The second kappa shape index (κ2) is 6.32. The molecule has 1 aromatic heterocycles. The van der Waals surface area contributed by atoms with Gasteiger partial charge in [0.25, 0.3) is 0 Å². The number of hydrogen-bond donors (Lipinski definition) is 0. The normalized spacial score (nSPS) is 24.0. The number of aromatic nitrogens is 1. The Balaban J connectivity index is 1.66. The number of thiazole rings is 1. The highest BCUT2D eigenvalue weighted by molar-refractivity contribution is 9.11. The molecule has 2 fully saturated rings. The summed E-state index contributed by atoms with van der Waals surface area (Å²) in [4.78, 5) is 6.89. The third kappa shape index (κ3) is 2.90. The molecule has 0 unspecified atom stereocenters. The average Bonchev–Trinajstić information content (AvgIpc) is 2.95. The number of halogens is 1. The van der Waals surface area contributed by atoms with Crippen molar-refractivity contribution < 1.29 is 4.74 Å². The second-order valence-electron chi connectivity index (χ2n) is 6.04. The Morgan fingerprint density at radius 2 is 2.00 bits per heavy atom. The molecule has 1 aromatic rings. The minimum absolute atomic E-state index is 0.130. The van der Waals surface area contributed by atoms with Crippen LogP contribution in [0, 0.1) is 5.92 Å². The van der Waals surface area contributed by atoms with Crippen molar-refractivity contribution in [2.24, 2.45) is 5.92 Å². The quantitative estimate of drug-likeness (QED) is 0.796. The minimum Gasteiger partial charge on any atom is -0.378 e. The minimum atomic E-state index is 0.130. The Kier molecular flexibility index (Phi) is 4.68. The number of hydrogen-bond acceptors (Lipinski definition) is 4. The summed E-state index contributed by atoms with van der Waals surface area (Å²) < 4.78 is 7.17. The van der Waals surface area contributed by atoms with E-state index in [-0.39, 0.29) is 5.60 Å². The molecule has 1 saturated heterocycles. The van der Waals surface area contributed by atoms with Gasteiger partial charge in [-0.3, -0.25) is 0 Å². The zero-order chi connectivity index (χ0) is 14.0. The number of ether oxygens (including phenoxy) is 1. The number of piperidine rings is 1. The van der Waals surface area contributed by atoms with E-state index in [1.807, 2.05) is 13.3 Å². The van der Waals surface area contributed by atoms with E-state index >= 15 is 0 Å². The molecule has 2 aliphatic rings. The molecular weight excluding hydrogens is 336 g/mol. The van der Waals surface area contributed by atoms with Crippen LogP contribution in [0.5, 0.6) is 0 Å². The van der Waals surface area contributed by atoms with Gasteiger partial charge in [0.05, 0.1) is 15.6 Å². The SMILES string of the molecule is COC1(C2CCCCC2)CCN(c2ncc(Br)s2)CC1. The van der Waals surface area contributed by atoms with Crippen LogP contribution in [-0.2, 0) is 4.74 Å². The van der Waals surface area contributed by atoms with E-state index in [1.54, 1.807) is 11.3 Å². The molecule has 20 heavy (non-hydrogen) atoms. The number of methoxy groups -OCH3 is 1. The van der Waals surface area contributed by atoms with E-state index in [1.165, 1.54) is 32.1 Å². The molecule has 0 N–H and O–H groups in total. The lowest BCUT2D eigenvalue weighted by Gasteiger charge is -2.47. The first-order chi connectivity index (χ1) is 9.73. The van der Waals surface area contributed by atoms with Crippen LogP contribution >= 0.6 is 27.3 Å². The van der Waals surface area contributed by atoms with Gasteiger partial charge < -0.3 is 9.64 Å². The molecule has 0 aromatic carbocycles. The van der Waals surface area contributed by atoms with Gasteiger partial charge in [-0.25, -0.2) is 4.98 Å². The van der Waals surface area contributed by atoms with E-state index in [0.29, 0.717) is 0 Å². The molecule has 0 radical (unpaired) electrons. The summed E-state index contributed by atoms with van der Waals surface area (Å²) in [6.07, 6.45) is 11.1. The maximum absolute atomic E-state index is 6.05. The van der Waals surface area contributed by atoms with Crippen molar-refractivity contribution in [2.45, 2.75) is 50.5 Å². The fourth-order valence-corrected chi connectivity index (χ4v) is 5.11. The Hall–Kier alpha value is -0.130. The Bertz CT molecular complexity index is 437. The second-order valence-corrected chi connectivity index (χ2v) is 8.43. The van der Waals surface area contributed by atoms with E-state index < -0.39 is 0 Å². The van der Waals surface area contributed by atoms with Crippen molar-refractivity contribution in [1.29, 1.82) is 0 Å². The Morgan fingerprint density at radius 3 is 2.55 bits per heavy atom. The molecule has 0 amide bonds. The fraction of sp³-hybridized carbons (Fsp3) is 0.800. The van der Waals surface area contributed by atoms with E-state index in [4.69, 9.17) is 4.74 Å². The molecule has 0 spiro atoms. The molecule has 1 aliphatic heterocycles. The van der Waals surface area contributed by atoms with Crippen molar-refractivity contribution in [1.82, 2.24) is 4.98 Å². The standard InChI is InChI=1S/C15H23BrN2OS/c1-19-15(12-5-3-2-4-6-12)7-9-18(10-8-15)14-17-11-13(16)20-14/h11-12H,2-10H2,1H3. The molecule has 0 atom stereocenters. The van der Waals surface area contributed by atoms with Crippen LogP contribution in [0.4, 0.5) is 5.13 Å². The molecule has 112 valence electrons. The number of nitrogens with zero attached hydrogens (tertiary/aromatic N) is 2. The van der Waals surface area contributed by atoms with Crippen LogP contribution in [-0.4, -0.2) is 30.8 Å². The van der Waals surface area contributed by atoms with Crippen molar-refractivity contribution >= 4 is 32.4 Å². The lowest BCUT2D eigenvalue weighted by atomic mass is 9.72. The van der Waals surface area contributed by atoms with Gasteiger partial charge in [-0.2, -0.15) is 0 Å². The first kappa shape index (κ1) is 14.8. The third-order valence-corrected chi connectivity index (χ3v) is 6.64. The van der Waals surface area contributed by atoms with Crippen LogP contribution in [0.2, 0.25) is 0 Å². The molecule has 3 rings (SSSR count). The maximum atomic E-state index is 6.05. The van der Waals surface area contributed by atoms with Crippen molar-refractivity contribution in [3.05, 3.63) is 9.98 Å². The topological polar surface area (TPSA) is 25.4 Å². The zero-order valence-electron chi connectivity index (χ0n) is 12.1. The highest BCUT2D eigenvalue weighted by atomic mass is 79.9. The predicted octanol–water partition coefficient (Wildman–Crippen LogP) is 4.47. The van der Waals surface area contributed by atoms with Gasteiger partial charge in [-0.05, 0) is 47.5 Å². The van der Waals surface area contributed by atoms with E-state index in [0.717, 1.165) is 40.8 Å². The molecule has 1 aliphatic carbocycles. The van der Waals surface area contributed by atoms with Gasteiger partial charge in [-0.15, -0.1) is 0 Å². The maximum Gasteiger partial charge on any atom is 0.186 e. The summed E-state index contributed by atoms with van der Waals surface area (Å²) in [5.41, 5.74) is 0.130. The lowest BCUT2D eigenvalue weighted by Crippen LogP contribution is -2.50. The van der Waals surface area contributed by atoms with Crippen molar-refractivity contribution in [3.8, 4) is 0 Å². The summed E-state index contributed by atoms with van der Waals surface area (Å²) in [6, 6.07) is 0. The van der Waals surface area contributed by atoms with Gasteiger partial charge in [0.2, 0.25) is 0 Å². The molecule has 2 heterocycles. The van der Waals surface area contributed by atoms with Crippen LogP contribution in [0.1, 0.15) is 44.9 Å². The fourth-order valence-electron chi connectivity index (χ4n) is 3.88. The van der Waals surface area contributed by atoms with Crippen molar-refractivity contribution in [2.75, 3.05) is 25.1 Å². The van der Waals surface area contributed by atoms with Gasteiger partial charge in [-0.1, -0.05) is 30.6 Å². The molecular formula is C15H23BrN2OS. The Morgan fingerprint density at radius 1 is 1.30 bits per heavy atom. The summed E-state index contributed by atoms with van der Waals surface area (Å²) >= 11 is 5.23. The summed E-state index contributed by atoms with van der Waals surface area (Å²) in [5.74, 6) is 0.770. The van der Waals surface area contributed by atoms with E-state index in [9.17, 15) is 0 Å². The summed E-state index contributed by atoms with van der Waals surface area (Å²) in [7, 11) is 1.92. The van der Waals surface area contributed by atoms with Gasteiger partial charge in [0.1, 0.15) is 0 Å². The van der Waals surface area contributed by atoms with E-state index in [2.05, 4.69) is 25.8 Å². The molecule has 5 heteroatoms. The predicted molar refractivity (Wildman–Crippen MR) is 87.6 cm³/mol. The summed E-state index contributed by atoms with van der Waals surface area (Å²) in [5, 5.41) is 1.14. The lowest BCUT2D eigenvalue weighted by molar-refractivity contribution is -0.0856. The number of rotatable bonds is 3. The van der Waals surface area contributed by atoms with Crippen LogP contribution < -0.4 is 4.90 Å². The monoisotopic (exact) mass is 358 g/mol. The first-order valence-corrected chi connectivity index (χ1v) is 9.26. The highest BCUT2D eigenvalue weighted by Crippen LogP contribution is 2.42. The van der Waals surface area contributed by atoms with Gasteiger partial charge in [0.15, 0.2) is 5.13 Å². The largest absolute Gasteiger partial charge is 0.378 e. The Labute approximate surface area is 133 Å². The van der Waals surface area contributed by atoms with Crippen LogP contribution in [0.3, 0.4) is 0 Å². The molecule has 3 nitrogen and oxygen atoms in total. The smallest absolute Gasteiger partial charge is 0.186 e. The zero-order valence-corrected chi connectivity index (χ0v) is 14.5. The molecule has 0 bridgehead atoms. The summed E-state index contributed by atoms with van der Waals surface area (Å²) in [6.45, 7) is 2.15. The third-order valence-electron chi connectivity index (χ3n) is 5.10. The van der Waals surface area contributed by atoms with Crippen LogP contribution in [0.25, 0.3) is 0 Å².